The molecule has 2 aliphatic carbocycles. The van der Waals surface area contributed by atoms with E-state index in [1.807, 2.05) is 24.3 Å². The second-order valence-electron chi connectivity index (χ2n) is 8.72. The lowest BCUT2D eigenvalue weighted by Gasteiger charge is -2.24. The van der Waals surface area contributed by atoms with Gasteiger partial charge >= 0.3 is 5.97 Å². The number of aliphatic carboxylic acids is 1. The largest absolute Gasteiger partial charge is 0.481 e. The van der Waals surface area contributed by atoms with Gasteiger partial charge in [-0.2, -0.15) is 0 Å². The molecule has 3 rings (SSSR count). The zero-order valence-corrected chi connectivity index (χ0v) is 16.9. The number of aliphatic hydroxyl groups is 2. The molecule has 1 aromatic carbocycles. The molecule has 160 valence electrons. The molecule has 2 aliphatic rings. The van der Waals surface area contributed by atoms with E-state index < -0.39 is 24.3 Å². The summed E-state index contributed by atoms with van der Waals surface area (Å²) in [7, 11) is 0. The number of fused-ring (bicyclic) bond motifs is 1. The van der Waals surface area contributed by atoms with E-state index in [0.717, 1.165) is 12.8 Å². The predicted octanol–water partition coefficient (Wildman–Crippen LogP) is 4.08. The number of hydrogen-bond donors (Lipinski definition) is 3. The molecule has 3 N–H and O–H groups in total. The van der Waals surface area contributed by atoms with Gasteiger partial charge in [-0.15, -0.1) is 0 Å². The zero-order chi connectivity index (χ0) is 20.8. The lowest BCUT2D eigenvalue weighted by molar-refractivity contribution is -0.137. The van der Waals surface area contributed by atoms with Gasteiger partial charge in [0.05, 0.1) is 12.2 Å². The van der Waals surface area contributed by atoms with E-state index in [1.54, 1.807) is 0 Å². The highest BCUT2D eigenvalue weighted by molar-refractivity contribution is 5.66. The molecule has 4 nitrogen and oxygen atoms in total. The van der Waals surface area contributed by atoms with Crippen LogP contribution in [0.25, 0.3) is 0 Å². The topological polar surface area (TPSA) is 77.8 Å². The molecule has 0 bridgehead atoms. The van der Waals surface area contributed by atoms with Gasteiger partial charge in [-0.25, -0.2) is 4.39 Å². The van der Waals surface area contributed by atoms with Crippen LogP contribution >= 0.6 is 0 Å². The summed E-state index contributed by atoms with van der Waals surface area (Å²) in [6.07, 6.45) is 6.87. The van der Waals surface area contributed by atoms with E-state index in [2.05, 4.69) is 12.1 Å². The highest BCUT2D eigenvalue weighted by atomic mass is 19.1. The number of carboxylic acids is 1. The average molecular weight is 405 g/mol. The van der Waals surface area contributed by atoms with Gasteiger partial charge < -0.3 is 15.3 Å². The van der Waals surface area contributed by atoms with Crippen molar-refractivity contribution in [1.29, 1.82) is 0 Å². The third-order valence-corrected chi connectivity index (χ3v) is 6.73. The summed E-state index contributed by atoms with van der Waals surface area (Å²) >= 11 is 0. The Morgan fingerprint density at radius 1 is 1.17 bits per heavy atom. The molecule has 29 heavy (non-hydrogen) atoms. The molecule has 0 heterocycles. The Balaban J connectivity index is 1.46. The first-order valence-corrected chi connectivity index (χ1v) is 10.9. The highest BCUT2D eigenvalue weighted by Crippen LogP contribution is 2.41. The molecule has 0 radical (unpaired) electrons. The number of unbranched alkanes of at least 4 members (excludes halogenated alkanes) is 1. The van der Waals surface area contributed by atoms with Crippen molar-refractivity contribution in [3.05, 3.63) is 47.5 Å². The molecule has 1 aromatic rings. The minimum atomic E-state index is -1.02. The van der Waals surface area contributed by atoms with Crippen LogP contribution in [0.3, 0.4) is 0 Å². The smallest absolute Gasteiger partial charge is 0.303 e. The first-order chi connectivity index (χ1) is 14.0. The number of benzene rings is 1. The summed E-state index contributed by atoms with van der Waals surface area (Å²) in [6, 6.07) is 8.29. The summed E-state index contributed by atoms with van der Waals surface area (Å²) in [5.74, 6) is -0.959. The van der Waals surface area contributed by atoms with Gasteiger partial charge in [0.1, 0.15) is 6.17 Å². The summed E-state index contributed by atoms with van der Waals surface area (Å²) < 4.78 is 14.5. The van der Waals surface area contributed by atoms with Crippen LogP contribution in [0, 0.1) is 17.8 Å². The maximum Gasteiger partial charge on any atom is 0.303 e. The molecule has 0 unspecified atom stereocenters. The fourth-order valence-corrected chi connectivity index (χ4v) is 5.07. The Hall–Kier alpha value is -1.72. The first kappa shape index (κ1) is 22.0. The summed E-state index contributed by atoms with van der Waals surface area (Å²) in [5, 5.41) is 29.6. The van der Waals surface area contributed by atoms with Gasteiger partial charge in [-0.3, -0.25) is 4.79 Å². The Bertz CT molecular complexity index is 679. The number of halogens is 1. The molecule has 1 saturated carbocycles. The van der Waals surface area contributed by atoms with Crippen molar-refractivity contribution in [1.82, 2.24) is 0 Å². The third-order valence-electron chi connectivity index (χ3n) is 6.73. The minimum Gasteiger partial charge on any atom is -0.481 e. The van der Waals surface area contributed by atoms with Crippen LogP contribution in [-0.4, -0.2) is 39.7 Å². The third kappa shape index (κ3) is 5.89. The molecule has 0 amide bonds. The zero-order valence-electron chi connectivity index (χ0n) is 16.9. The van der Waals surface area contributed by atoms with Crippen LogP contribution in [0.2, 0.25) is 0 Å². The van der Waals surface area contributed by atoms with Gasteiger partial charge in [-0.1, -0.05) is 36.4 Å². The van der Waals surface area contributed by atoms with Crippen LogP contribution in [-0.2, 0) is 17.6 Å². The number of allylic oxidation sites excluding steroid dienone is 2. The second kappa shape index (κ2) is 10.4. The van der Waals surface area contributed by atoms with Crippen LogP contribution < -0.4 is 0 Å². The van der Waals surface area contributed by atoms with E-state index in [4.69, 9.17) is 5.11 Å². The number of rotatable bonds is 10. The summed E-state index contributed by atoms with van der Waals surface area (Å²) in [6.45, 7) is 0. The standard InChI is InChI=1S/C24H33FO4/c25-21-15-23(27)20(9-3-1-2-4-10-24(28)29)19(21)11-12-22(26)18-13-16-7-5-6-8-17(16)14-18/h1,3,5-8,18-23,26-27H,2,4,9-15H2,(H,28,29)/b3-1-/t19-,20-,21+,22+,23+/m1/s1. The first-order valence-electron chi connectivity index (χ1n) is 10.9. The van der Waals surface area contributed by atoms with Crippen molar-refractivity contribution in [3.8, 4) is 0 Å². The second-order valence-corrected chi connectivity index (χ2v) is 8.72. The molecule has 0 aliphatic heterocycles. The van der Waals surface area contributed by atoms with Crippen molar-refractivity contribution in [2.75, 3.05) is 0 Å². The van der Waals surface area contributed by atoms with Crippen molar-refractivity contribution < 1.29 is 24.5 Å². The van der Waals surface area contributed by atoms with E-state index >= 15 is 0 Å². The summed E-state index contributed by atoms with van der Waals surface area (Å²) in [5.41, 5.74) is 2.62. The highest BCUT2D eigenvalue weighted by Gasteiger charge is 2.42. The number of carboxylic acid groups (broad SMARTS) is 1. The van der Waals surface area contributed by atoms with Crippen LogP contribution in [0.4, 0.5) is 4.39 Å². The van der Waals surface area contributed by atoms with Gasteiger partial charge in [-0.05, 0) is 73.8 Å². The van der Waals surface area contributed by atoms with Crippen molar-refractivity contribution in [3.63, 3.8) is 0 Å². The van der Waals surface area contributed by atoms with E-state index in [9.17, 15) is 19.4 Å². The molecule has 0 aromatic heterocycles. The van der Waals surface area contributed by atoms with E-state index in [1.165, 1.54) is 11.1 Å². The minimum absolute atomic E-state index is 0.131. The van der Waals surface area contributed by atoms with Gasteiger partial charge in [0.25, 0.3) is 0 Å². The molecule has 0 spiro atoms. The number of alkyl halides is 1. The SMILES string of the molecule is O=C(O)CCC/C=C\C[C@@H]1[C@@H](CC[C@H](O)C2Cc3ccccc3C2)[C@@H](F)C[C@@H]1O. The quantitative estimate of drug-likeness (QED) is 0.406. The van der Waals surface area contributed by atoms with Gasteiger partial charge in [0.15, 0.2) is 0 Å². The Morgan fingerprint density at radius 2 is 1.86 bits per heavy atom. The number of carbonyl (C=O) groups is 1. The lowest BCUT2D eigenvalue weighted by atomic mass is 9.84. The van der Waals surface area contributed by atoms with Crippen molar-refractivity contribution in [2.45, 2.75) is 76.2 Å². The normalized spacial score (nSPS) is 28.1. The van der Waals surface area contributed by atoms with Crippen molar-refractivity contribution >= 4 is 5.97 Å². The average Bonchev–Trinajstić information content (AvgIpc) is 3.23. The fraction of sp³-hybridized carbons (Fsp3) is 0.625. The van der Waals surface area contributed by atoms with Crippen LogP contribution in [0.1, 0.15) is 56.1 Å². The summed E-state index contributed by atoms with van der Waals surface area (Å²) in [4.78, 5) is 10.5. The molecule has 1 fully saturated rings. The van der Waals surface area contributed by atoms with Crippen molar-refractivity contribution in [2.24, 2.45) is 17.8 Å². The Labute approximate surface area is 172 Å². The molecule has 5 atom stereocenters. The predicted molar refractivity (Wildman–Crippen MR) is 110 cm³/mol. The van der Waals surface area contributed by atoms with Crippen LogP contribution in [0.15, 0.2) is 36.4 Å². The van der Waals surface area contributed by atoms with E-state index in [0.29, 0.717) is 32.1 Å². The number of hydrogen-bond acceptors (Lipinski definition) is 3. The maximum absolute atomic E-state index is 14.5. The van der Waals surface area contributed by atoms with Gasteiger partial charge in [0, 0.05) is 12.8 Å². The van der Waals surface area contributed by atoms with Gasteiger partial charge in [0.2, 0.25) is 0 Å². The molecule has 0 saturated heterocycles. The molecular formula is C24H33FO4. The fourth-order valence-electron chi connectivity index (χ4n) is 5.07. The molecular weight excluding hydrogens is 371 g/mol. The van der Waals surface area contributed by atoms with Crippen LogP contribution in [0.5, 0.6) is 0 Å². The lowest BCUT2D eigenvalue weighted by Crippen LogP contribution is -2.25. The molecule has 5 heteroatoms. The monoisotopic (exact) mass is 404 g/mol. The Kier molecular flexibility index (Phi) is 7.84. The Morgan fingerprint density at radius 3 is 2.52 bits per heavy atom. The maximum atomic E-state index is 14.5. The van der Waals surface area contributed by atoms with E-state index in [-0.39, 0.29) is 30.6 Å². The number of aliphatic hydroxyl groups excluding tert-OH is 2.